The zero-order chi connectivity index (χ0) is 14.0. The van der Waals surface area contributed by atoms with Gasteiger partial charge in [0.15, 0.2) is 5.76 Å². The van der Waals surface area contributed by atoms with Crippen molar-refractivity contribution in [1.82, 2.24) is 5.16 Å². The number of hydrogen-bond acceptors (Lipinski definition) is 3. The van der Waals surface area contributed by atoms with Crippen LogP contribution in [0.1, 0.15) is 41.6 Å². The third kappa shape index (κ3) is 2.96. The summed E-state index contributed by atoms with van der Waals surface area (Å²) >= 11 is 5.80. The van der Waals surface area contributed by atoms with Crippen LogP contribution in [0.4, 0.5) is 5.69 Å². The van der Waals surface area contributed by atoms with Gasteiger partial charge in [0.1, 0.15) is 5.56 Å². The molecule has 0 saturated heterocycles. The number of aromatic nitrogens is 1. The third-order valence-corrected chi connectivity index (χ3v) is 2.99. The van der Waals surface area contributed by atoms with Gasteiger partial charge >= 0.3 is 0 Å². The van der Waals surface area contributed by atoms with Crippen molar-refractivity contribution in [1.29, 1.82) is 0 Å². The van der Waals surface area contributed by atoms with E-state index in [4.69, 9.17) is 16.1 Å². The molecule has 1 amide bonds. The maximum absolute atomic E-state index is 12.3. The Morgan fingerprint density at radius 2 is 1.95 bits per heavy atom. The maximum Gasteiger partial charge on any atom is 0.261 e. The quantitative estimate of drug-likeness (QED) is 0.923. The topological polar surface area (TPSA) is 55.1 Å². The van der Waals surface area contributed by atoms with Crippen molar-refractivity contribution < 1.29 is 9.32 Å². The van der Waals surface area contributed by atoms with Gasteiger partial charge in [0.05, 0.1) is 5.69 Å². The molecule has 1 aromatic carbocycles. The third-order valence-electron chi connectivity index (χ3n) is 2.74. The normalized spacial score (nSPS) is 10.8. The fourth-order valence-corrected chi connectivity index (χ4v) is 1.91. The Balaban J connectivity index is 2.25. The van der Waals surface area contributed by atoms with Crippen molar-refractivity contribution in [2.75, 3.05) is 5.32 Å². The Labute approximate surface area is 116 Å². The van der Waals surface area contributed by atoms with Gasteiger partial charge in [-0.05, 0) is 31.2 Å². The summed E-state index contributed by atoms with van der Waals surface area (Å²) in [6, 6.07) is 6.94. The van der Waals surface area contributed by atoms with Gasteiger partial charge in [0.2, 0.25) is 0 Å². The molecule has 1 aromatic heterocycles. The highest BCUT2D eigenvalue weighted by atomic mass is 35.5. The average Bonchev–Trinajstić information content (AvgIpc) is 2.74. The predicted molar refractivity (Wildman–Crippen MR) is 74.7 cm³/mol. The van der Waals surface area contributed by atoms with E-state index in [1.54, 1.807) is 31.2 Å². The summed E-state index contributed by atoms with van der Waals surface area (Å²) in [6.45, 7) is 5.67. The number of amides is 1. The number of halogens is 1. The van der Waals surface area contributed by atoms with Crippen molar-refractivity contribution in [2.24, 2.45) is 0 Å². The van der Waals surface area contributed by atoms with Crippen LogP contribution < -0.4 is 5.32 Å². The molecule has 0 unspecified atom stereocenters. The molecule has 100 valence electrons. The lowest BCUT2D eigenvalue weighted by molar-refractivity contribution is 0.102. The second-order valence-electron chi connectivity index (χ2n) is 4.62. The number of nitrogens with zero attached hydrogens (tertiary/aromatic N) is 1. The minimum Gasteiger partial charge on any atom is -0.360 e. The first-order valence-electron chi connectivity index (χ1n) is 6.02. The van der Waals surface area contributed by atoms with Crippen molar-refractivity contribution in [3.63, 3.8) is 0 Å². The van der Waals surface area contributed by atoms with Crippen LogP contribution >= 0.6 is 11.6 Å². The largest absolute Gasteiger partial charge is 0.360 e. The molecule has 19 heavy (non-hydrogen) atoms. The molecule has 0 bridgehead atoms. The van der Waals surface area contributed by atoms with Gasteiger partial charge in [-0.25, -0.2) is 0 Å². The Morgan fingerprint density at radius 3 is 2.53 bits per heavy atom. The van der Waals surface area contributed by atoms with Crippen LogP contribution in [0.5, 0.6) is 0 Å². The summed E-state index contributed by atoms with van der Waals surface area (Å²) in [5.74, 6) is 0.487. The van der Waals surface area contributed by atoms with Gasteiger partial charge in [-0.2, -0.15) is 0 Å². The minimum atomic E-state index is -0.218. The second kappa shape index (κ2) is 5.45. The molecule has 4 nitrogen and oxygen atoms in total. The summed E-state index contributed by atoms with van der Waals surface area (Å²) in [7, 11) is 0. The lowest BCUT2D eigenvalue weighted by atomic mass is 10.0. The van der Waals surface area contributed by atoms with E-state index in [0.29, 0.717) is 27.7 Å². The SMILES string of the molecule is Cc1noc(C(C)C)c1C(=O)Nc1ccc(Cl)cc1. The first-order valence-corrected chi connectivity index (χ1v) is 6.40. The molecule has 0 radical (unpaired) electrons. The summed E-state index contributed by atoms with van der Waals surface area (Å²) in [5, 5.41) is 7.29. The van der Waals surface area contributed by atoms with Gasteiger partial charge in [0.25, 0.3) is 5.91 Å². The molecule has 0 atom stereocenters. The minimum absolute atomic E-state index is 0.104. The fraction of sp³-hybridized carbons (Fsp3) is 0.286. The zero-order valence-electron chi connectivity index (χ0n) is 11.0. The Bertz CT molecular complexity index is 588. The molecule has 0 spiro atoms. The average molecular weight is 279 g/mol. The molecular formula is C14H15ClN2O2. The van der Waals surface area contributed by atoms with Gasteiger partial charge < -0.3 is 9.84 Å². The second-order valence-corrected chi connectivity index (χ2v) is 5.06. The molecule has 0 aliphatic carbocycles. The van der Waals surface area contributed by atoms with Gasteiger partial charge in [-0.15, -0.1) is 0 Å². The molecule has 0 aliphatic heterocycles. The lowest BCUT2D eigenvalue weighted by Crippen LogP contribution is -2.14. The van der Waals surface area contributed by atoms with Crippen molar-refractivity contribution in [2.45, 2.75) is 26.7 Å². The molecule has 5 heteroatoms. The molecule has 2 rings (SSSR count). The van der Waals surface area contributed by atoms with E-state index >= 15 is 0 Å². The Kier molecular flexibility index (Phi) is 3.90. The van der Waals surface area contributed by atoms with Crippen molar-refractivity contribution in [3.05, 3.63) is 46.3 Å². The molecular weight excluding hydrogens is 264 g/mol. The van der Waals surface area contributed by atoms with Crippen LogP contribution in [0.3, 0.4) is 0 Å². The van der Waals surface area contributed by atoms with E-state index < -0.39 is 0 Å². The van der Waals surface area contributed by atoms with Crippen molar-refractivity contribution >= 4 is 23.2 Å². The van der Waals surface area contributed by atoms with E-state index in [1.165, 1.54) is 0 Å². The zero-order valence-corrected chi connectivity index (χ0v) is 11.8. The van der Waals surface area contributed by atoms with Gasteiger partial charge in [-0.1, -0.05) is 30.6 Å². The van der Waals surface area contributed by atoms with E-state index in [9.17, 15) is 4.79 Å². The number of aryl methyl sites for hydroxylation is 1. The predicted octanol–water partition coefficient (Wildman–Crippen LogP) is 4.01. The number of carbonyl (C=O) groups is 1. The summed E-state index contributed by atoms with van der Waals surface area (Å²) < 4.78 is 5.20. The Hall–Kier alpha value is -1.81. The highest BCUT2D eigenvalue weighted by Gasteiger charge is 2.22. The molecule has 0 aliphatic rings. The molecule has 2 aromatic rings. The highest BCUT2D eigenvalue weighted by Crippen LogP contribution is 2.23. The molecule has 0 fully saturated rings. The molecule has 1 N–H and O–H groups in total. The summed E-state index contributed by atoms with van der Waals surface area (Å²) in [6.07, 6.45) is 0. The van der Waals surface area contributed by atoms with Crippen LogP contribution in [0.15, 0.2) is 28.8 Å². The molecule has 1 heterocycles. The van der Waals surface area contributed by atoms with E-state index in [2.05, 4.69) is 10.5 Å². The standard InChI is InChI=1S/C14H15ClN2O2/c1-8(2)13-12(9(3)17-19-13)14(18)16-11-6-4-10(15)5-7-11/h4-8H,1-3H3,(H,16,18). The van der Waals surface area contributed by atoms with Crippen LogP contribution in [-0.4, -0.2) is 11.1 Å². The van der Waals surface area contributed by atoms with Crippen molar-refractivity contribution in [3.8, 4) is 0 Å². The first kappa shape index (κ1) is 13.6. The number of rotatable bonds is 3. The lowest BCUT2D eigenvalue weighted by Gasteiger charge is -2.07. The van der Waals surface area contributed by atoms with Crippen LogP contribution in [0.2, 0.25) is 5.02 Å². The smallest absolute Gasteiger partial charge is 0.261 e. The van der Waals surface area contributed by atoms with E-state index in [-0.39, 0.29) is 11.8 Å². The van der Waals surface area contributed by atoms with Crippen LogP contribution in [0, 0.1) is 6.92 Å². The number of nitrogens with one attached hydrogen (secondary N) is 1. The monoisotopic (exact) mass is 278 g/mol. The Morgan fingerprint density at radius 1 is 1.32 bits per heavy atom. The van der Waals surface area contributed by atoms with Gasteiger partial charge in [0, 0.05) is 16.6 Å². The molecule has 0 saturated carbocycles. The number of carbonyl (C=O) groups excluding carboxylic acids is 1. The summed E-state index contributed by atoms with van der Waals surface area (Å²) in [4.78, 5) is 12.3. The number of benzene rings is 1. The summed E-state index contributed by atoms with van der Waals surface area (Å²) in [5.41, 5.74) is 1.78. The van der Waals surface area contributed by atoms with Crippen LogP contribution in [0.25, 0.3) is 0 Å². The number of anilines is 1. The number of hydrogen-bond donors (Lipinski definition) is 1. The maximum atomic E-state index is 12.3. The van der Waals surface area contributed by atoms with E-state index in [1.807, 2.05) is 13.8 Å². The highest BCUT2D eigenvalue weighted by molar-refractivity contribution is 6.30. The van der Waals surface area contributed by atoms with Gasteiger partial charge in [-0.3, -0.25) is 4.79 Å². The fourth-order valence-electron chi connectivity index (χ4n) is 1.78. The first-order chi connectivity index (χ1) is 8.99. The van der Waals surface area contributed by atoms with Crippen LogP contribution in [-0.2, 0) is 0 Å². The van der Waals surface area contributed by atoms with E-state index in [0.717, 1.165) is 0 Å².